The molecule has 2 aliphatic rings. The van der Waals surface area contributed by atoms with Crippen molar-refractivity contribution in [1.82, 2.24) is 10.2 Å². The van der Waals surface area contributed by atoms with Crippen LogP contribution in [-0.2, 0) is 4.74 Å². The Balaban J connectivity index is 1.76. The van der Waals surface area contributed by atoms with Gasteiger partial charge in [-0.1, -0.05) is 12.8 Å². The van der Waals surface area contributed by atoms with Crippen LogP contribution < -0.4 is 5.32 Å². The Kier molecular flexibility index (Phi) is 4.50. The lowest BCUT2D eigenvalue weighted by Gasteiger charge is -2.45. The second-order valence-corrected chi connectivity index (χ2v) is 5.26. The van der Waals surface area contributed by atoms with Crippen molar-refractivity contribution in [3.05, 3.63) is 0 Å². The number of alkyl halides is 3. The molecule has 0 bridgehead atoms. The maximum Gasteiger partial charge on any atom is 0.411 e. The first-order valence-corrected chi connectivity index (χ1v) is 6.62. The molecular weight excluding hydrogens is 245 g/mol. The summed E-state index contributed by atoms with van der Waals surface area (Å²) in [6.45, 7) is 2.44. The van der Waals surface area contributed by atoms with Gasteiger partial charge in [-0.15, -0.1) is 0 Å². The lowest BCUT2D eigenvalue weighted by atomic mass is 9.93. The van der Waals surface area contributed by atoms with Crippen molar-refractivity contribution in [2.45, 2.75) is 37.4 Å². The van der Waals surface area contributed by atoms with E-state index in [0.717, 1.165) is 32.5 Å². The molecule has 6 heteroatoms. The summed E-state index contributed by atoms with van der Waals surface area (Å²) in [5, 5.41) is 3.40. The number of ether oxygens (including phenoxy) is 1. The minimum Gasteiger partial charge on any atom is -0.371 e. The van der Waals surface area contributed by atoms with Crippen LogP contribution in [-0.4, -0.2) is 56.0 Å². The SMILES string of the molecule is FC(F)(F)COCCN1CCNCC12CCCC2. The summed E-state index contributed by atoms with van der Waals surface area (Å²) in [5.74, 6) is 0. The summed E-state index contributed by atoms with van der Waals surface area (Å²) in [4.78, 5) is 2.33. The molecule has 106 valence electrons. The summed E-state index contributed by atoms with van der Waals surface area (Å²) in [5.41, 5.74) is 0.180. The number of piperazine rings is 1. The van der Waals surface area contributed by atoms with Crippen LogP contribution in [0.3, 0.4) is 0 Å². The van der Waals surface area contributed by atoms with Gasteiger partial charge in [0.05, 0.1) is 6.61 Å². The van der Waals surface area contributed by atoms with Gasteiger partial charge in [0.15, 0.2) is 0 Å². The lowest BCUT2D eigenvalue weighted by Crippen LogP contribution is -2.60. The molecule has 0 aromatic rings. The molecule has 2 fully saturated rings. The number of hydrogen-bond donors (Lipinski definition) is 1. The van der Waals surface area contributed by atoms with Crippen molar-refractivity contribution in [3.8, 4) is 0 Å². The van der Waals surface area contributed by atoms with E-state index in [0.29, 0.717) is 6.54 Å². The third kappa shape index (κ3) is 3.59. The van der Waals surface area contributed by atoms with Gasteiger partial charge in [0, 0.05) is 31.7 Å². The molecule has 2 rings (SSSR count). The average Bonchev–Trinajstić information content (AvgIpc) is 2.75. The quantitative estimate of drug-likeness (QED) is 0.785. The zero-order valence-electron chi connectivity index (χ0n) is 10.6. The van der Waals surface area contributed by atoms with E-state index in [-0.39, 0.29) is 12.1 Å². The summed E-state index contributed by atoms with van der Waals surface area (Å²) >= 11 is 0. The van der Waals surface area contributed by atoms with E-state index < -0.39 is 12.8 Å². The standard InChI is InChI=1S/C12H21F3N2O/c13-12(14,15)10-18-8-7-17-6-5-16-9-11(17)3-1-2-4-11/h16H,1-10H2. The van der Waals surface area contributed by atoms with Crippen LogP contribution in [0.2, 0.25) is 0 Å². The Hall–Kier alpha value is -0.330. The van der Waals surface area contributed by atoms with Gasteiger partial charge in [-0.05, 0) is 12.8 Å². The molecule has 0 aromatic carbocycles. The summed E-state index contributed by atoms with van der Waals surface area (Å²) in [6, 6.07) is 0. The second-order valence-electron chi connectivity index (χ2n) is 5.26. The first kappa shape index (κ1) is 14.1. The van der Waals surface area contributed by atoms with Crippen molar-refractivity contribution < 1.29 is 17.9 Å². The van der Waals surface area contributed by atoms with Crippen LogP contribution in [0.15, 0.2) is 0 Å². The van der Waals surface area contributed by atoms with E-state index in [9.17, 15) is 13.2 Å². The van der Waals surface area contributed by atoms with Crippen LogP contribution in [0.4, 0.5) is 13.2 Å². The molecule has 1 heterocycles. The molecule has 0 atom stereocenters. The van der Waals surface area contributed by atoms with Crippen LogP contribution in [0.25, 0.3) is 0 Å². The van der Waals surface area contributed by atoms with E-state index in [1.807, 2.05) is 0 Å². The van der Waals surface area contributed by atoms with Gasteiger partial charge in [-0.25, -0.2) is 0 Å². The highest BCUT2D eigenvalue weighted by Gasteiger charge is 2.40. The van der Waals surface area contributed by atoms with E-state index in [4.69, 9.17) is 4.74 Å². The third-order valence-electron chi connectivity index (χ3n) is 3.99. The second kappa shape index (κ2) is 5.75. The predicted molar refractivity (Wildman–Crippen MR) is 62.5 cm³/mol. The largest absolute Gasteiger partial charge is 0.411 e. The minimum atomic E-state index is -4.21. The molecule has 1 spiro atoms. The molecule has 1 saturated carbocycles. The minimum absolute atomic E-state index is 0.168. The van der Waals surface area contributed by atoms with Gasteiger partial charge in [0.25, 0.3) is 0 Å². The molecule has 1 aliphatic carbocycles. The molecule has 1 aliphatic heterocycles. The highest BCUT2D eigenvalue weighted by molar-refractivity contribution is 4.99. The fourth-order valence-electron chi connectivity index (χ4n) is 3.12. The summed E-state index contributed by atoms with van der Waals surface area (Å²) < 4.78 is 40.6. The first-order valence-electron chi connectivity index (χ1n) is 6.62. The maximum absolute atomic E-state index is 12.0. The Bertz CT molecular complexity index is 265. The van der Waals surface area contributed by atoms with Gasteiger partial charge >= 0.3 is 6.18 Å². The third-order valence-corrected chi connectivity index (χ3v) is 3.99. The van der Waals surface area contributed by atoms with E-state index in [2.05, 4.69) is 10.2 Å². The van der Waals surface area contributed by atoms with Crippen LogP contribution >= 0.6 is 0 Å². The molecule has 0 radical (unpaired) electrons. The molecule has 1 saturated heterocycles. The van der Waals surface area contributed by atoms with Gasteiger partial charge in [0.1, 0.15) is 6.61 Å². The van der Waals surface area contributed by atoms with Crippen LogP contribution in [0, 0.1) is 0 Å². The van der Waals surface area contributed by atoms with Crippen molar-refractivity contribution in [2.24, 2.45) is 0 Å². The first-order chi connectivity index (χ1) is 8.52. The Morgan fingerprint density at radius 2 is 1.94 bits per heavy atom. The maximum atomic E-state index is 12.0. The van der Waals surface area contributed by atoms with E-state index >= 15 is 0 Å². The van der Waals surface area contributed by atoms with Crippen molar-refractivity contribution >= 4 is 0 Å². The Labute approximate surface area is 106 Å². The van der Waals surface area contributed by atoms with E-state index in [1.165, 1.54) is 12.8 Å². The highest BCUT2D eigenvalue weighted by atomic mass is 19.4. The van der Waals surface area contributed by atoms with Crippen molar-refractivity contribution in [3.63, 3.8) is 0 Å². The summed E-state index contributed by atoms with van der Waals surface area (Å²) in [6.07, 6.45) is 0.538. The van der Waals surface area contributed by atoms with Crippen molar-refractivity contribution in [1.29, 1.82) is 0 Å². The normalized spacial score (nSPS) is 24.8. The molecule has 0 aromatic heterocycles. The van der Waals surface area contributed by atoms with Gasteiger partial charge in [-0.2, -0.15) is 13.2 Å². The Morgan fingerprint density at radius 1 is 1.22 bits per heavy atom. The van der Waals surface area contributed by atoms with E-state index in [1.54, 1.807) is 0 Å². The van der Waals surface area contributed by atoms with Crippen LogP contribution in [0.1, 0.15) is 25.7 Å². The average molecular weight is 266 g/mol. The molecule has 3 nitrogen and oxygen atoms in total. The van der Waals surface area contributed by atoms with Crippen LogP contribution in [0.5, 0.6) is 0 Å². The van der Waals surface area contributed by atoms with Gasteiger partial charge in [0.2, 0.25) is 0 Å². The molecule has 1 N–H and O–H groups in total. The van der Waals surface area contributed by atoms with Gasteiger partial charge < -0.3 is 10.1 Å². The zero-order valence-corrected chi connectivity index (χ0v) is 10.6. The molecular formula is C12H21F3N2O. The number of halogens is 3. The van der Waals surface area contributed by atoms with Gasteiger partial charge in [-0.3, -0.25) is 4.90 Å². The fourth-order valence-corrected chi connectivity index (χ4v) is 3.12. The Morgan fingerprint density at radius 3 is 2.61 bits per heavy atom. The predicted octanol–water partition coefficient (Wildman–Crippen LogP) is 1.78. The monoisotopic (exact) mass is 266 g/mol. The topological polar surface area (TPSA) is 24.5 Å². The highest BCUT2D eigenvalue weighted by Crippen LogP contribution is 2.35. The molecule has 0 amide bonds. The van der Waals surface area contributed by atoms with Crippen molar-refractivity contribution in [2.75, 3.05) is 39.4 Å². The zero-order chi connectivity index (χ0) is 13.1. The smallest absolute Gasteiger partial charge is 0.371 e. The molecule has 18 heavy (non-hydrogen) atoms. The fraction of sp³-hybridized carbons (Fsp3) is 1.00. The lowest BCUT2D eigenvalue weighted by molar-refractivity contribution is -0.175. The summed E-state index contributed by atoms with van der Waals surface area (Å²) in [7, 11) is 0. The molecule has 0 unspecified atom stereocenters. The number of nitrogens with one attached hydrogen (secondary N) is 1. The number of hydrogen-bond acceptors (Lipinski definition) is 3. The number of nitrogens with zero attached hydrogens (tertiary/aromatic N) is 1. The number of rotatable bonds is 4.